The van der Waals surface area contributed by atoms with E-state index in [1.165, 1.54) is 22.3 Å². The summed E-state index contributed by atoms with van der Waals surface area (Å²) < 4.78 is 33.6. The maximum Gasteiger partial charge on any atom is 0.166 e. The Kier molecular flexibility index (Phi) is 13.6. The van der Waals surface area contributed by atoms with Crippen molar-refractivity contribution in [1.29, 1.82) is 0 Å². The van der Waals surface area contributed by atoms with Gasteiger partial charge in [0.25, 0.3) is 0 Å². The van der Waals surface area contributed by atoms with Gasteiger partial charge in [-0.3, -0.25) is 19.6 Å². The van der Waals surface area contributed by atoms with Crippen LogP contribution in [0.3, 0.4) is 0 Å². The Hall–Kier alpha value is -5.88. The van der Waals surface area contributed by atoms with Gasteiger partial charge in [-0.2, -0.15) is 0 Å². The van der Waals surface area contributed by atoms with Gasteiger partial charge < -0.3 is 0 Å². The first kappa shape index (κ1) is 56.3. The smallest absolute Gasteiger partial charge is 0.166 e. The summed E-state index contributed by atoms with van der Waals surface area (Å²) in [6.07, 6.45) is 0. The fraction of sp³-hybridized carbons (Fsp3) is 0.457. The maximum atomic E-state index is 16.8. The molecule has 4 nitrogen and oxygen atoms in total. The molecule has 0 aromatic heterocycles. The summed E-state index contributed by atoms with van der Waals surface area (Å²) in [7, 11) is 0. The van der Waals surface area contributed by atoms with Crippen LogP contribution in [0.5, 0.6) is 0 Å². The average Bonchev–Trinajstić information content (AvgIpc) is 3.77. The van der Waals surface area contributed by atoms with Crippen LogP contribution in [0.15, 0.2) is 121 Å². The molecule has 0 atom stereocenters. The normalized spacial score (nSPS) is 16.0. The standard InChI is InChI=1S/C70H90F2N4/c1-63(2,3)43-25-29-53(69(19,20)21)57(39-43)75-59-41-49(71)27-31-55(59)73(51-35-45(65(7,8)9)33-46(36-51)66(10,11)12)61(75)62-74(52-37-47(67(13,14)15)34-48(38-52)68(16,17)18)56-32-28-50(72)42-60(56)76(62)58-40-44(64(4,5)6)26-30-54(58)70(22,23)24/h25-42H,1-24H3/b62-61+. The second-order valence-corrected chi connectivity index (χ2v) is 30.3. The number of nitrogens with zero attached hydrogens (tertiary/aromatic N) is 4. The summed E-state index contributed by atoms with van der Waals surface area (Å²) in [6, 6.07) is 38.5. The summed E-state index contributed by atoms with van der Waals surface area (Å²) >= 11 is 0. The van der Waals surface area contributed by atoms with E-state index in [0.717, 1.165) is 79.4 Å². The van der Waals surface area contributed by atoms with Gasteiger partial charge in [-0.25, -0.2) is 8.78 Å². The van der Waals surface area contributed by atoms with Gasteiger partial charge in [0.1, 0.15) is 11.6 Å². The highest BCUT2D eigenvalue weighted by Gasteiger charge is 2.48. The Balaban J connectivity index is 1.74. The molecule has 76 heavy (non-hydrogen) atoms. The van der Waals surface area contributed by atoms with Crippen LogP contribution in [0.2, 0.25) is 0 Å². The van der Waals surface area contributed by atoms with Crippen LogP contribution < -0.4 is 19.6 Å². The zero-order valence-corrected chi connectivity index (χ0v) is 50.9. The number of rotatable bonds is 4. The minimum Gasteiger partial charge on any atom is -0.291 e. The monoisotopic (exact) mass is 1020 g/mol. The van der Waals surface area contributed by atoms with Gasteiger partial charge in [0, 0.05) is 23.5 Å². The molecule has 0 spiro atoms. The number of hydrogen-bond acceptors (Lipinski definition) is 4. The lowest BCUT2D eigenvalue weighted by atomic mass is 9.80. The van der Waals surface area contributed by atoms with Crippen molar-refractivity contribution in [2.75, 3.05) is 19.6 Å². The van der Waals surface area contributed by atoms with Crippen molar-refractivity contribution in [1.82, 2.24) is 0 Å². The van der Waals surface area contributed by atoms with Gasteiger partial charge in [0.2, 0.25) is 0 Å². The highest BCUT2D eigenvalue weighted by atomic mass is 19.1. The third kappa shape index (κ3) is 10.6. The molecule has 0 unspecified atom stereocenters. The van der Waals surface area contributed by atoms with Crippen molar-refractivity contribution >= 4 is 45.5 Å². The predicted octanol–water partition coefficient (Wildman–Crippen LogP) is 20.8. The third-order valence-corrected chi connectivity index (χ3v) is 15.5. The first-order valence-corrected chi connectivity index (χ1v) is 27.7. The van der Waals surface area contributed by atoms with Gasteiger partial charge in [0.05, 0.1) is 34.1 Å². The van der Waals surface area contributed by atoms with Crippen LogP contribution in [-0.2, 0) is 43.3 Å². The van der Waals surface area contributed by atoms with E-state index in [9.17, 15) is 0 Å². The summed E-state index contributed by atoms with van der Waals surface area (Å²) in [5, 5.41) is 0. The molecule has 8 rings (SSSR count). The number of halogens is 2. The Labute approximate surface area is 458 Å². The van der Waals surface area contributed by atoms with Gasteiger partial charge in [-0.1, -0.05) is 203 Å². The molecule has 6 heteroatoms. The SMILES string of the molecule is CC(C)(C)c1cc(N2/C(=C3/N(c4cc(C(C)(C)C)cc(C(C)(C)C)c4)c4ccc(F)cc4N3c3cc(C(C)(C)C)ccc3C(C)(C)C)N(c3cc(C(C)(C)C)ccc3C(C)(C)C)c3cc(F)ccc32)cc(C(C)(C)C)c1. The fourth-order valence-corrected chi connectivity index (χ4v) is 10.6. The number of hydrogen-bond donors (Lipinski definition) is 0. The van der Waals surface area contributed by atoms with Gasteiger partial charge in [-0.15, -0.1) is 0 Å². The first-order valence-electron chi connectivity index (χ1n) is 27.7. The van der Waals surface area contributed by atoms with Crippen LogP contribution >= 0.6 is 0 Å². The van der Waals surface area contributed by atoms with Crippen molar-refractivity contribution in [2.24, 2.45) is 0 Å². The van der Waals surface area contributed by atoms with E-state index in [4.69, 9.17) is 0 Å². The molecule has 2 aliphatic heterocycles. The molecule has 404 valence electrons. The fourth-order valence-electron chi connectivity index (χ4n) is 10.6. The van der Waals surface area contributed by atoms with Crippen LogP contribution in [0.25, 0.3) is 0 Å². The zero-order chi connectivity index (χ0) is 56.6. The molecule has 0 N–H and O–H groups in total. The van der Waals surface area contributed by atoms with Crippen LogP contribution in [0, 0.1) is 11.6 Å². The van der Waals surface area contributed by atoms with Gasteiger partial charge >= 0.3 is 0 Å². The minimum absolute atomic E-state index is 0.222. The largest absolute Gasteiger partial charge is 0.291 e. The molecule has 2 aliphatic rings. The van der Waals surface area contributed by atoms with E-state index in [1.54, 1.807) is 24.3 Å². The molecular weight excluding hydrogens is 935 g/mol. The van der Waals surface area contributed by atoms with E-state index in [0.29, 0.717) is 0 Å². The van der Waals surface area contributed by atoms with Crippen molar-refractivity contribution in [2.45, 2.75) is 209 Å². The molecule has 0 aliphatic carbocycles. The Morgan fingerprint density at radius 3 is 0.763 bits per heavy atom. The molecule has 0 fully saturated rings. The second kappa shape index (κ2) is 18.4. The number of fused-ring (bicyclic) bond motifs is 2. The quantitative estimate of drug-likeness (QED) is 0.174. The highest BCUT2D eigenvalue weighted by molar-refractivity contribution is 6.01. The molecule has 0 radical (unpaired) electrons. The van der Waals surface area contributed by atoms with E-state index < -0.39 is 0 Å². The highest BCUT2D eigenvalue weighted by Crippen LogP contribution is 2.60. The van der Waals surface area contributed by atoms with E-state index in [1.807, 2.05) is 12.1 Å². The topological polar surface area (TPSA) is 13.0 Å². The van der Waals surface area contributed by atoms with Gasteiger partial charge in [0.15, 0.2) is 11.6 Å². The molecule has 6 aromatic carbocycles. The Morgan fingerprint density at radius 2 is 0.513 bits per heavy atom. The maximum absolute atomic E-state index is 16.8. The Bertz CT molecular complexity index is 2980. The molecule has 2 heterocycles. The van der Waals surface area contributed by atoms with Gasteiger partial charge in [-0.05, 0) is 148 Å². The summed E-state index contributed by atoms with van der Waals surface area (Å²) in [5.74, 6) is 0.951. The summed E-state index contributed by atoms with van der Waals surface area (Å²) in [6.45, 7) is 54.5. The van der Waals surface area contributed by atoms with Crippen LogP contribution in [0.4, 0.5) is 54.3 Å². The average molecular weight is 1030 g/mol. The zero-order valence-electron chi connectivity index (χ0n) is 50.9. The lowest BCUT2D eigenvalue weighted by Crippen LogP contribution is -2.35. The van der Waals surface area contributed by atoms with E-state index in [2.05, 4.69) is 259 Å². The first-order chi connectivity index (χ1) is 34.6. The van der Waals surface area contributed by atoms with Crippen molar-refractivity contribution < 1.29 is 8.78 Å². The van der Waals surface area contributed by atoms with Crippen LogP contribution in [0.1, 0.15) is 211 Å². The molecule has 0 saturated carbocycles. The van der Waals surface area contributed by atoms with E-state index >= 15 is 8.78 Å². The molecular formula is C70H90F2N4. The lowest BCUT2D eigenvalue weighted by Gasteiger charge is -2.39. The van der Waals surface area contributed by atoms with Crippen molar-refractivity contribution in [3.63, 3.8) is 0 Å². The second-order valence-electron chi connectivity index (χ2n) is 30.3. The number of anilines is 8. The predicted molar refractivity (Wildman–Crippen MR) is 324 cm³/mol. The van der Waals surface area contributed by atoms with Crippen molar-refractivity contribution in [3.8, 4) is 0 Å². The minimum atomic E-state index is -0.349. The molecule has 0 amide bonds. The Morgan fingerprint density at radius 1 is 0.237 bits per heavy atom. The third-order valence-electron chi connectivity index (χ3n) is 15.5. The molecule has 6 aromatic rings. The summed E-state index contributed by atoms with van der Waals surface area (Å²) in [4.78, 5) is 9.51. The molecule has 0 saturated heterocycles. The summed E-state index contributed by atoms with van der Waals surface area (Å²) in [5.41, 5.74) is 14.2. The van der Waals surface area contributed by atoms with Crippen LogP contribution in [-0.4, -0.2) is 0 Å². The van der Waals surface area contributed by atoms with Crippen molar-refractivity contribution in [3.05, 3.63) is 177 Å². The lowest BCUT2D eigenvalue weighted by molar-refractivity contribution is 0.568. The molecule has 0 bridgehead atoms. The number of benzene rings is 6. The van der Waals surface area contributed by atoms with E-state index in [-0.39, 0.29) is 55.0 Å².